The van der Waals surface area contributed by atoms with Crippen molar-refractivity contribution < 1.29 is 9.59 Å². The molecule has 0 aromatic heterocycles. The highest BCUT2D eigenvalue weighted by atomic mass is 16.2. The first-order valence-electron chi connectivity index (χ1n) is 5.78. The zero-order chi connectivity index (χ0) is 11.3. The van der Waals surface area contributed by atoms with Gasteiger partial charge < -0.3 is 5.32 Å². The van der Waals surface area contributed by atoms with Gasteiger partial charge in [-0.2, -0.15) is 0 Å². The summed E-state index contributed by atoms with van der Waals surface area (Å²) in [6.07, 6.45) is 5.61. The zero-order valence-corrected chi connectivity index (χ0v) is 9.56. The molecule has 2 N–H and O–H groups in total. The van der Waals surface area contributed by atoms with Gasteiger partial charge in [-0.1, -0.05) is 39.5 Å². The number of nitrogens with one attached hydrogen (secondary N) is 2. The Hall–Kier alpha value is -1.06. The first-order valence-corrected chi connectivity index (χ1v) is 5.78. The largest absolute Gasteiger partial charge is 0.323 e. The summed E-state index contributed by atoms with van der Waals surface area (Å²) in [7, 11) is 0. The molecule has 1 fully saturated rings. The van der Waals surface area contributed by atoms with Crippen LogP contribution in [-0.4, -0.2) is 17.5 Å². The topological polar surface area (TPSA) is 58.2 Å². The van der Waals surface area contributed by atoms with Crippen LogP contribution in [0.4, 0.5) is 4.79 Å². The lowest BCUT2D eigenvalue weighted by molar-refractivity contribution is -0.124. The lowest BCUT2D eigenvalue weighted by atomic mass is 9.88. The van der Waals surface area contributed by atoms with Crippen molar-refractivity contribution in [3.8, 4) is 0 Å². The molecule has 1 unspecified atom stereocenters. The minimum absolute atomic E-state index is 0.148. The van der Waals surface area contributed by atoms with Crippen LogP contribution in [0.1, 0.15) is 52.4 Å². The van der Waals surface area contributed by atoms with E-state index in [4.69, 9.17) is 0 Å². The molecule has 4 heteroatoms. The summed E-state index contributed by atoms with van der Waals surface area (Å²) in [4.78, 5) is 22.8. The average Bonchev–Trinajstić information content (AvgIpc) is 2.43. The van der Waals surface area contributed by atoms with Gasteiger partial charge in [0.15, 0.2) is 0 Å². The maximum atomic E-state index is 11.7. The molecule has 1 aliphatic heterocycles. The van der Waals surface area contributed by atoms with E-state index in [-0.39, 0.29) is 11.9 Å². The fourth-order valence-corrected chi connectivity index (χ4v) is 2.11. The van der Waals surface area contributed by atoms with E-state index in [1.54, 1.807) is 0 Å². The molecule has 0 radical (unpaired) electrons. The first kappa shape index (κ1) is 12.0. The standard InChI is InChI=1S/C11H20N2O2/c1-3-5-6-8-11(7-4-2)9(14)12-10(15)13-11/h3-8H2,1-2H3,(H2,12,13,14,15). The van der Waals surface area contributed by atoms with Gasteiger partial charge in [0.2, 0.25) is 0 Å². The van der Waals surface area contributed by atoms with Crippen LogP contribution in [0.2, 0.25) is 0 Å². The normalized spacial score (nSPS) is 25.2. The summed E-state index contributed by atoms with van der Waals surface area (Å²) < 4.78 is 0. The van der Waals surface area contributed by atoms with Crippen LogP contribution < -0.4 is 10.6 Å². The Kier molecular flexibility index (Phi) is 4.12. The van der Waals surface area contributed by atoms with Gasteiger partial charge in [0.1, 0.15) is 5.54 Å². The van der Waals surface area contributed by atoms with E-state index in [9.17, 15) is 9.59 Å². The Bertz CT molecular complexity index is 253. The van der Waals surface area contributed by atoms with Crippen LogP contribution >= 0.6 is 0 Å². The Labute approximate surface area is 90.8 Å². The van der Waals surface area contributed by atoms with E-state index >= 15 is 0 Å². The maximum absolute atomic E-state index is 11.7. The summed E-state index contributed by atoms with van der Waals surface area (Å²) in [6.45, 7) is 4.15. The fraction of sp³-hybridized carbons (Fsp3) is 0.818. The number of unbranched alkanes of at least 4 members (excludes halogenated alkanes) is 2. The molecule has 1 atom stereocenters. The number of carbonyl (C=O) groups excluding carboxylic acids is 2. The lowest BCUT2D eigenvalue weighted by Crippen LogP contribution is -2.46. The van der Waals surface area contributed by atoms with Gasteiger partial charge in [-0.15, -0.1) is 0 Å². The minimum atomic E-state index is -0.624. The van der Waals surface area contributed by atoms with Crippen molar-refractivity contribution in [1.82, 2.24) is 10.6 Å². The van der Waals surface area contributed by atoms with Gasteiger partial charge in [-0.25, -0.2) is 4.79 Å². The molecule has 3 amide bonds. The second kappa shape index (κ2) is 5.14. The number of carbonyl (C=O) groups is 2. The lowest BCUT2D eigenvalue weighted by Gasteiger charge is -2.25. The van der Waals surface area contributed by atoms with Gasteiger partial charge in [-0.3, -0.25) is 10.1 Å². The van der Waals surface area contributed by atoms with Gasteiger partial charge in [0, 0.05) is 0 Å². The van der Waals surface area contributed by atoms with Gasteiger partial charge >= 0.3 is 6.03 Å². The molecule has 86 valence electrons. The number of amides is 3. The van der Waals surface area contributed by atoms with E-state index in [1.165, 1.54) is 0 Å². The Morgan fingerprint density at radius 1 is 1.07 bits per heavy atom. The summed E-state index contributed by atoms with van der Waals surface area (Å²) in [5.74, 6) is -0.148. The number of imide groups is 1. The van der Waals surface area contributed by atoms with Crippen LogP contribution in [0.15, 0.2) is 0 Å². The highest BCUT2D eigenvalue weighted by molar-refractivity contribution is 6.06. The number of urea groups is 1. The molecule has 0 aromatic carbocycles. The SMILES string of the molecule is CCCCCC1(CCC)NC(=O)NC1=O. The van der Waals surface area contributed by atoms with E-state index in [2.05, 4.69) is 17.6 Å². The molecule has 0 spiro atoms. The average molecular weight is 212 g/mol. The molecule has 15 heavy (non-hydrogen) atoms. The summed E-state index contributed by atoms with van der Waals surface area (Å²) in [6, 6.07) is -0.343. The van der Waals surface area contributed by atoms with Crippen molar-refractivity contribution in [1.29, 1.82) is 0 Å². The second-order valence-corrected chi connectivity index (χ2v) is 4.20. The van der Waals surface area contributed by atoms with Gasteiger partial charge in [-0.05, 0) is 12.8 Å². The van der Waals surface area contributed by atoms with Crippen molar-refractivity contribution in [2.45, 2.75) is 57.9 Å². The van der Waals surface area contributed by atoms with E-state index < -0.39 is 5.54 Å². The van der Waals surface area contributed by atoms with Crippen LogP contribution in [0.3, 0.4) is 0 Å². The van der Waals surface area contributed by atoms with Crippen molar-refractivity contribution in [3.05, 3.63) is 0 Å². The van der Waals surface area contributed by atoms with Crippen molar-refractivity contribution >= 4 is 11.9 Å². The minimum Gasteiger partial charge on any atom is -0.323 e. The van der Waals surface area contributed by atoms with Crippen molar-refractivity contribution in [3.63, 3.8) is 0 Å². The molecule has 1 saturated heterocycles. The number of rotatable bonds is 6. The van der Waals surface area contributed by atoms with E-state index in [0.29, 0.717) is 0 Å². The molecule has 0 bridgehead atoms. The third kappa shape index (κ3) is 2.70. The van der Waals surface area contributed by atoms with Crippen LogP contribution in [0, 0.1) is 0 Å². The Morgan fingerprint density at radius 3 is 2.27 bits per heavy atom. The molecular weight excluding hydrogens is 192 g/mol. The quantitative estimate of drug-likeness (QED) is 0.522. The third-order valence-corrected chi connectivity index (χ3v) is 2.90. The molecule has 1 heterocycles. The summed E-state index contributed by atoms with van der Waals surface area (Å²) in [5, 5.41) is 5.11. The molecule has 4 nitrogen and oxygen atoms in total. The van der Waals surface area contributed by atoms with E-state index in [1.807, 2.05) is 6.92 Å². The summed E-state index contributed by atoms with van der Waals surface area (Å²) >= 11 is 0. The molecule has 0 aromatic rings. The maximum Gasteiger partial charge on any atom is 0.322 e. The first-order chi connectivity index (χ1) is 7.14. The highest BCUT2D eigenvalue weighted by Crippen LogP contribution is 2.24. The molecule has 0 aliphatic carbocycles. The van der Waals surface area contributed by atoms with Gasteiger partial charge in [0.05, 0.1) is 0 Å². The zero-order valence-electron chi connectivity index (χ0n) is 9.56. The van der Waals surface area contributed by atoms with Crippen molar-refractivity contribution in [2.75, 3.05) is 0 Å². The van der Waals surface area contributed by atoms with Crippen LogP contribution in [0.5, 0.6) is 0 Å². The predicted molar refractivity (Wildman–Crippen MR) is 58.5 cm³/mol. The summed E-state index contributed by atoms with van der Waals surface area (Å²) in [5.41, 5.74) is -0.624. The van der Waals surface area contributed by atoms with Crippen LogP contribution in [0.25, 0.3) is 0 Å². The Balaban J connectivity index is 2.61. The van der Waals surface area contributed by atoms with Gasteiger partial charge in [0.25, 0.3) is 5.91 Å². The number of hydrogen-bond acceptors (Lipinski definition) is 2. The molecule has 0 saturated carbocycles. The van der Waals surface area contributed by atoms with Crippen molar-refractivity contribution in [2.24, 2.45) is 0 Å². The number of hydrogen-bond donors (Lipinski definition) is 2. The molecule has 1 rings (SSSR count). The predicted octanol–water partition coefficient (Wildman–Crippen LogP) is 1.94. The van der Waals surface area contributed by atoms with E-state index in [0.717, 1.165) is 38.5 Å². The molecule has 1 aliphatic rings. The fourth-order valence-electron chi connectivity index (χ4n) is 2.11. The third-order valence-electron chi connectivity index (χ3n) is 2.90. The second-order valence-electron chi connectivity index (χ2n) is 4.20. The smallest absolute Gasteiger partial charge is 0.322 e. The monoisotopic (exact) mass is 212 g/mol. The molecular formula is C11H20N2O2. The highest BCUT2D eigenvalue weighted by Gasteiger charge is 2.44. The van der Waals surface area contributed by atoms with Crippen LogP contribution in [-0.2, 0) is 4.79 Å². The Morgan fingerprint density at radius 2 is 1.80 bits per heavy atom.